The molecule has 1 fully saturated rings. The van der Waals surface area contributed by atoms with Gasteiger partial charge in [-0.1, -0.05) is 18.5 Å². The Morgan fingerprint density at radius 1 is 1.39 bits per heavy atom. The summed E-state index contributed by atoms with van der Waals surface area (Å²) in [5.74, 6) is 0. The molecule has 2 heterocycles. The minimum Gasteiger partial charge on any atom is -0.368 e. The molecule has 0 aliphatic carbocycles. The number of halogens is 1. The maximum atomic E-state index is 11.4. The molecule has 1 aliphatic rings. The summed E-state index contributed by atoms with van der Waals surface area (Å²) in [6.07, 6.45) is 3.90. The Morgan fingerprint density at radius 3 is 3.00 bits per heavy atom. The van der Waals surface area contributed by atoms with Gasteiger partial charge in [0.25, 0.3) is 5.56 Å². The van der Waals surface area contributed by atoms with Gasteiger partial charge in [0.05, 0.1) is 11.9 Å². The van der Waals surface area contributed by atoms with Crippen molar-refractivity contribution in [1.82, 2.24) is 15.1 Å². The zero-order chi connectivity index (χ0) is 13.0. The van der Waals surface area contributed by atoms with Crippen LogP contribution in [0.1, 0.15) is 19.8 Å². The van der Waals surface area contributed by atoms with Crippen molar-refractivity contribution in [1.29, 1.82) is 0 Å². The number of hydrogen-bond donors (Lipinski definition) is 1. The predicted octanol–water partition coefficient (Wildman–Crippen LogP) is 1.35. The number of aromatic amines is 1. The Balaban J connectivity index is 2.10. The third-order valence-electron chi connectivity index (χ3n) is 3.25. The van der Waals surface area contributed by atoms with E-state index in [1.54, 1.807) is 6.20 Å². The van der Waals surface area contributed by atoms with Crippen molar-refractivity contribution in [3.63, 3.8) is 0 Å². The zero-order valence-corrected chi connectivity index (χ0v) is 11.4. The summed E-state index contributed by atoms with van der Waals surface area (Å²) in [7, 11) is 0. The fourth-order valence-electron chi connectivity index (χ4n) is 2.35. The quantitative estimate of drug-likeness (QED) is 0.901. The van der Waals surface area contributed by atoms with Crippen LogP contribution in [-0.4, -0.2) is 47.8 Å². The van der Waals surface area contributed by atoms with Gasteiger partial charge in [0, 0.05) is 19.6 Å². The molecule has 18 heavy (non-hydrogen) atoms. The van der Waals surface area contributed by atoms with Gasteiger partial charge in [-0.25, -0.2) is 5.10 Å². The molecule has 1 aliphatic heterocycles. The summed E-state index contributed by atoms with van der Waals surface area (Å²) in [5.41, 5.74) is 0.433. The molecule has 0 atom stereocenters. The Bertz CT molecular complexity index is 448. The van der Waals surface area contributed by atoms with Crippen LogP contribution in [0, 0.1) is 0 Å². The monoisotopic (exact) mass is 270 g/mol. The minimum atomic E-state index is -0.316. The number of nitrogens with zero attached hydrogens (tertiary/aromatic N) is 3. The van der Waals surface area contributed by atoms with Crippen molar-refractivity contribution in [3.05, 3.63) is 21.6 Å². The summed E-state index contributed by atoms with van der Waals surface area (Å²) < 4.78 is 0. The lowest BCUT2D eigenvalue weighted by molar-refractivity contribution is 0.294. The second-order valence-electron chi connectivity index (χ2n) is 4.58. The molecule has 0 aromatic carbocycles. The molecule has 1 saturated heterocycles. The lowest BCUT2D eigenvalue weighted by Gasteiger charge is -2.23. The molecule has 1 N–H and O–H groups in total. The first kappa shape index (κ1) is 13.4. The van der Waals surface area contributed by atoms with Gasteiger partial charge < -0.3 is 9.80 Å². The number of nitrogens with one attached hydrogen (secondary N) is 1. The lowest BCUT2D eigenvalue weighted by atomic mass is 10.3. The molecule has 0 amide bonds. The molecule has 0 saturated carbocycles. The van der Waals surface area contributed by atoms with Crippen LogP contribution in [0.25, 0.3) is 0 Å². The smallest absolute Gasteiger partial charge is 0.285 e. The molecule has 100 valence electrons. The van der Waals surface area contributed by atoms with E-state index >= 15 is 0 Å². The van der Waals surface area contributed by atoms with E-state index in [1.807, 2.05) is 0 Å². The first-order valence-electron chi connectivity index (χ1n) is 6.43. The minimum absolute atomic E-state index is 0.244. The number of H-pyrrole nitrogens is 1. The molecule has 0 spiro atoms. The van der Waals surface area contributed by atoms with E-state index in [0.717, 1.165) is 44.8 Å². The van der Waals surface area contributed by atoms with Gasteiger partial charge in [0.2, 0.25) is 0 Å². The van der Waals surface area contributed by atoms with Crippen LogP contribution in [0.3, 0.4) is 0 Å². The normalized spacial score (nSPS) is 17.8. The Labute approximate surface area is 112 Å². The number of rotatable bonds is 3. The molecule has 2 rings (SSSR count). The van der Waals surface area contributed by atoms with E-state index in [9.17, 15) is 4.79 Å². The van der Waals surface area contributed by atoms with Crippen LogP contribution in [0.2, 0.25) is 5.02 Å². The van der Waals surface area contributed by atoms with Crippen LogP contribution in [0.4, 0.5) is 5.69 Å². The van der Waals surface area contributed by atoms with Crippen LogP contribution in [-0.2, 0) is 0 Å². The number of hydrogen-bond acceptors (Lipinski definition) is 4. The fourth-order valence-corrected chi connectivity index (χ4v) is 2.56. The topological polar surface area (TPSA) is 52.2 Å². The van der Waals surface area contributed by atoms with E-state index < -0.39 is 0 Å². The summed E-state index contributed by atoms with van der Waals surface area (Å²) in [6, 6.07) is 0. The lowest BCUT2D eigenvalue weighted by Crippen LogP contribution is -2.32. The zero-order valence-electron chi connectivity index (χ0n) is 10.7. The third kappa shape index (κ3) is 3.03. The van der Waals surface area contributed by atoms with Crippen LogP contribution in [0.15, 0.2) is 11.0 Å². The van der Waals surface area contributed by atoms with Gasteiger partial charge in [0.15, 0.2) is 0 Å². The highest BCUT2D eigenvalue weighted by Crippen LogP contribution is 2.21. The van der Waals surface area contributed by atoms with Crippen LogP contribution < -0.4 is 10.5 Å². The van der Waals surface area contributed by atoms with Crippen molar-refractivity contribution in [2.24, 2.45) is 0 Å². The first-order chi connectivity index (χ1) is 8.72. The molecular formula is C12H19ClN4O. The van der Waals surface area contributed by atoms with Gasteiger partial charge in [-0.3, -0.25) is 4.79 Å². The van der Waals surface area contributed by atoms with Crippen molar-refractivity contribution < 1.29 is 0 Å². The molecule has 6 heteroatoms. The highest BCUT2D eigenvalue weighted by Gasteiger charge is 2.17. The number of anilines is 1. The van der Waals surface area contributed by atoms with Gasteiger partial charge in [0.1, 0.15) is 5.02 Å². The molecule has 1 aromatic rings. The number of aromatic nitrogens is 2. The largest absolute Gasteiger partial charge is 0.368 e. The summed E-state index contributed by atoms with van der Waals surface area (Å²) in [6.45, 7) is 7.26. The summed E-state index contributed by atoms with van der Waals surface area (Å²) in [4.78, 5) is 16.1. The van der Waals surface area contributed by atoms with Crippen molar-refractivity contribution in [2.75, 3.05) is 37.6 Å². The third-order valence-corrected chi connectivity index (χ3v) is 3.61. The Morgan fingerprint density at radius 2 is 2.22 bits per heavy atom. The standard InChI is InChI=1S/C12H19ClN4O/c1-2-4-16-5-3-6-17(8-7-16)10-9-14-15-12(18)11(10)13/h9H,2-8H2,1H3,(H,15,18). The Kier molecular flexibility index (Phi) is 4.60. The second kappa shape index (κ2) is 6.20. The Hall–Kier alpha value is -1.07. The van der Waals surface area contributed by atoms with Gasteiger partial charge in [-0.2, -0.15) is 5.10 Å². The van der Waals surface area contributed by atoms with Crippen LogP contribution >= 0.6 is 11.6 Å². The fraction of sp³-hybridized carbons (Fsp3) is 0.667. The second-order valence-corrected chi connectivity index (χ2v) is 4.96. The van der Waals surface area contributed by atoms with Crippen molar-refractivity contribution in [2.45, 2.75) is 19.8 Å². The molecular weight excluding hydrogens is 252 g/mol. The molecule has 0 unspecified atom stereocenters. The highest BCUT2D eigenvalue weighted by molar-refractivity contribution is 6.32. The van der Waals surface area contributed by atoms with Gasteiger partial charge >= 0.3 is 0 Å². The predicted molar refractivity (Wildman–Crippen MR) is 73.4 cm³/mol. The average Bonchev–Trinajstić information content (AvgIpc) is 2.59. The highest BCUT2D eigenvalue weighted by atomic mass is 35.5. The average molecular weight is 271 g/mol. The molecule has 5 nitrogen and oxygen atoms in total. The van der Waals surface area contributed by atoms with Crippen molar-refractivity contribution in [3.8, 4) is 0 Å². The van der Waals surface area contributed by atoms with Crippen LogP contribution in [0.5, 0.6) is 0 Å². The first-order valence-corrected chi connectivity index (χ1v) is 6.80. The van der Waals surface area contributed by atoms with Gasteiger partial charge in [-0.15, -0.1) is 0 Å². The summed E-state index contributed by atoms with van der Waals surface area (Å²) in [5, 5.41) is 6.42. The molecule has 1 aromatic heterocycles. The van der Waals surface area contributed by atoms with E-state index in [-0.39, 0.29) is 10.6 Å². The van der Waals surface area contributed by atoms with E-state index in [2.05, 4.69) is 26.9 Å². The summed E-state index contributed by atoms with van der Waals surface area (Å²) >= 11 is 6.04. The molecule has 0 bridgehead atoms. The van der Waals surface area contributed by atoms with E-state index in [4.69, 9.17) is 11.6 Å². The van der Waals surface area contributed by atoms with E-state index in [0.29, 0.717) is 0 Å². The van der Waals surface area contributed by atoms with Gasteiger partial charge in [-0.05, 0) is 25.9 Å². The maximum Gasteiger partial charge on any atom is 0.285 e. The SMILES string of the molecule is CCCN1CCCN(c2cn[nH]c(=O)c2Cl)CC1. The maximum absolute atomic E-state index is 11.4. The van der Waals surface area contributed by atoms with Crippen molar-refractivity contribution >= 4 is 17.3 Å². The van der Waals surface area contributed by atoms with E-state index in [1.165, 1.54) is 6.42 Å². The molecule has 0 radical (unpaired) electrons.